The number of benzene rings is 2. The molecule has 0 unspecified atom stereocenters. The minimum atomic E-state index is -0.605. The molecule has 0 aliphatic carbocycles. The fourth-order valence-electron chi connectivity index (χ4n) is 4.40. The maximum atomic E-state index is 15.0. The first-order valence-electron chi connectivity index (χ1n) is 13.3. The summed E-state index contributed by atoms with van der Waals surface area (Å²) in [5, 5.41) is 4.47. The quantitative estimate of drug-likeness (QED) is 0.152. The molecule has 214 valence electrons. The molecule has 1 aliphatic heterocycles. The van der Waals surface area contributed by atoms with E-state index in [1.54, 1.807) is 49.7 Å². The van der Waals surface area contributed by atoms with Gasteiger partial charge < -0.3 is 23.4 Å². The fourth-order valence-corrected chi connectivity index (χ4v) is 4.40. The smallest absolute Gasteiger partial charge is 0.244 e. The van der Waals surface area contributed by atoms with Crippen LogP contribution in [0.3, 0.4) is 0 Å². The summed E-state index contributed by atoms with van der Waals surface area (Å²) >= 11 is 0. The third kappa shape index (κ3) is 7.59. The molecule has 1 aliphatic rings. The lowest BCUT2D eigenvalue weighted by Gasteiger charge is -2.26. The molecule has 4 aromatic rings. The van der Waals surface area contributed by atoms with Crippen molar-refractivity contribution in [1.82, 2.24) is 15.3 Å². The zero-order chi connectivity index (χ0) is 28.4. The number of fused-ring (bicyclic) bond motifs is 1. The first kappa shape index (κ1) is 28.1. The van der Waals surface area contributed by atoms with Crippen LogP contribution in [-0.2, 0) is 16.0 Å². The third-order valence-electron chi connectivity index (χ3n) is 6.47. The zero-order valence-electron chi connectivity index (χ0n) is 22.7. The Morgan fingerprint density at radius 1 is 1.12 bits per heavy atom. The average molecular weight is 563 g/mol. The van der Waals surface area contributed by atoms with Gasteiger partial charge in [0.1, 0.15) is 11.5 Å². The third-order valence-corrected chi connectivity index (χ3v) is 6.47. The Kier molecular flexibility index (Phi) is 9.40. The van der Waals surface area contributed by atoms with E-state index in [9.17, 15) is 9.18 Å². The summed E-state index contributed by atoms with van der Waals surface area (Å²) in [6.07, 6.45) is 5.28. The van der Waals surface area contributed by atoms with E-state index in [1.807, 2.05) is 0 Å². The summed E-state index contributed by atoms with van der Waals surface area (Å²) < 4.78 is 43.0. The highest BCUT2D eigenvalue weighted by Crippen LogP contribution is 2.37. The molecule has 0 bridgehead atoms. The normalized spacial score (nSPS) is 13.9. The molecular formula is C30H31FN4O6. The second kappa shape index (κ2) is 13.7. The second-order valence-corrected chi connectivity index (χ2v) is 9.34. The molecule has 1 amide bonds. The number of rotatable bonds is 12. The Hall–Kier alpha value is -4.48. The number of furan rings is 1. The SMILES string of the molecule is COc1cc2c(Oc3ccc(CC(=O)N/N=C/c4ccco4)cc3F)ccnc2cc1OCCCN1CCOCC1. The Balaban J connectivity index is 1.22. The molecule has 0 atom stereocenters. The predicted octanol–water partition coefficient (Wildman–Crippen LogP) is 4.56. The van der Waals surface area contributed by atoms with Crippen molar-refractivity contribution in [2.75, 3.05) is 46.6 Å². The highest BCUT2D eigenvalue weighted by atomic mass is 19.1. The molecule has 1 saturated heterocycles. The van der Waals surface area contributed by atoms with Gasteiger partial charge in [0, 0.05) is 37.3 Å². The van der Waals surface area contributed by atoms with Gasteiger partial charge in [-0.3, -0.25) is 14.7 Å². The molecule has 10 nitrogen and oxygen atoms in total. The number of pyridine rings is 1. The van der Waals surface area contributed by atoms with Gasteiger partial charge in [-0.05, 0) is 48.4 Å². The standard InChI is InChI=1S/C30H31FN4O6/c1-37-28-18-23-25(19-29(28)40-13-3-9-35-10-14-38-15-11-35)32-8-7-26(23)41-27-6-5-21(16-24(27)31)17-30(36)34-33-20-22-4-2-12-39-22/h2,4-8,12,16,18-20H,3,9-11,13-15,17H2,1H3,(H,34,36)/b33-20+. The molecule has 1 N–H and O–H groups in total. The molecule has 0 spiro atoms. The number of amides is 1. The number of aromatic nitrogens is 1. The van der Waals surface area contributed by atoms with Crippen LogP contribution >= 0.6 is 0 Å². The summed E-state index contributed by atoms with van der Waals surface area (Å²) in [6, 6.07) is 13.0. The number of carbonyl (C=O) groups is 1. The topological polar surface area (TPSA) is 108 Å². The number of nitrogens with one attached hydrogen (secondary N) is 1. The summed E-state index contributed by atoms with van der Waals surface area (Å²) in [6.45, 7) is 4.87. The highest BCUT2D eigenvalue weighted by molar-refractivity contribution is 5.88. The molecule has 1 fully saturated rings. The number of ether oxygens (including phenoxy) is 4. The van der Waals surface area contributed by atoms with Crippen molar-refractivity contribution in [3.8, 4) is 23.0 Å². The molecule has 3 heterocycles. The number of carbonyl (C=O) groups excluding carboxylic acids is 1. The Morgan fingerprint density at radius 3 is 2.78 bits per heavy atom. The van der Waals surface area contributed by atoms with Gasteiger partial charge in [-0.1, -0.05) is 6.07 Å². The van der Waals surface area contributed by atoms with Crippen LogP contribution in [0.25, 0.3) is 10.9 Å². The lowest BCUT2D eigenvalue weighted by molar-refractivity contribution is -0.120. The van der Waals surface area contributed by atoms with Gasteiger partial charge in [0.2, 0.25) is 5.91 Å². The van der Waals surface area contributed by atoms with Crippen molar-refractivity contribution in [3.63, 3.8) is 0 Å². The monoisotopic (exact) mass is 562 g/mol. The summed E-state index contributed by atoms with van der Waals surface area (Å²) in [5.74, 6) is 1.03. The van der Waals surface area contributed by atoms with Crippen LogP contribution in [0.1, 0.15) is 17.7 Å². The van der Waals surface area contributed by atoms with Crippen molar-refractivity contribution in [3.05, 3.63) is 78.1 Å². The Bertz CT molecular complexity index is 1490. The summed E-state index contributed by atoms with van der Waals surface area (Å²) in [7, 11) is 1.56. The van der Waals surface area contributed by atoms with Gasteiger partial charge in [-0.2, -0.15) is 5.10 Å². The van der Waals surface area contributed by atoms with Gasteiger partial charge in [-0.25, -0.2) is 9.82 Å². The summed E-state index contributed by atoms with van der Waals surface area (Å²) in [5.41, 5.74) is 3.48. The van der Waals surface area contributed by atoms with Crippen molar-refractivity contribution >= 4 is 23.0 Å². The maximum Gasteiger partial charge on any atom is 0.244 e. The molecular weight excluding hydrogens is 531 g/mol. The van der Waals surface area contributed by atoms with Crippen molar-refractivity contribution < 1.29 is 32.5 Å². The first-order chi connectivity index (χ1) is 20.1. The Morgan fingerprint density at radius 2 is 2.00 bits per heavy atom. The lowest BCUT2D eigenvalue weighted by atomic mass is 10.1. The van der Waals surface area contributed by atoms with E-state index in [0.29, 0.717) is 46.1 Å². The van der Waals surface area contributed by atoms with Crippen LogP contribution in [0.4, 0.5) is 4.39 Å². The minimum absolute atomic E-state index is 0.0138. The van der Waals surface area contributed by atoms with Crippen LogP contribution in [0.2, 0.25) is 0 Å². The summed E-state index contributed by atoms with van der Waals surface area (Å²) in [4.78, 5) is 19.0. The average Bonchev–Trinajstić information content (AvgIpc) is 3.50. The van der Waals surface area contributed by atoms with Gasteiger partial charge in [0.25, 0.3) is 0 Å². The van der Waals surface area contributed by atoms with Crippen LogP contribution in [0.5, 0.6) is 23.0 Å². The minimum Gasteiger partial charge on any atom is -0.493 e. The molecule has 5 rings (SSSR count). The lowest BCUT2D eigenvalue weighted by Crippen LogP contribution is -2.37. The van der Waals surface area contributed by atoms with Crippen LogP contribution in [0, 0.1) is 5.82 Å². The zero-order valence-corrected chi connectivity index (χ0v) is 22.7. The number of hydrogen-bond acceptors (Lipinski definition) is 9. The van der Waals surface area contributed by atoms with Gasteiger partial charge >= 0.3 is 0 Å². The highest BCUT2D eigenvalue weighted by Gasteiger charge is 2.15. The van der Waals surface area contributed by atoms with E-state index in [0.717, 1.165) is 39.3 Å². The molecule has 41 heavy (non-hydrogen) atoms. The van der Waals surface area contributed by atoms with E-state index < -0.39 is 11.7 Å². The number of hydrazone groups is 1. The second-order valence-electron chi connectivity index (χ2n) is 9.34. The van der Waals surface area contributed by atoms with E-state index in [4.69, 9.17) is 23.4 Å². The molecule has 0 radical (unpaired) electrons. The van der Waals surface area contributed by atoms with Gasteiger partial charge in [0.15, 0.2) is 23.1 Å². The number of morpholine rings is 1. The molecule has 0 saturated carbocycles. The van der Waals surface area contributed by atoms with Crippen molar-refractivity contribution in [1.29, 1.82) is 0 Å². The van der Waals surface area contributed by atoms with E-state index >= 15 is 0 Å². The van der Waals surface area contributed by atoms with E-state index in [-0.39, 0.29) is 12.2 Å². The van der Waals surface area contributed by atoms with Crippen LogP contribution in [0.15, 0.2) is 70.5 Å². The Labute approximate surface area is 236 Å². The number of nitrogens with zero attached hydrogens (tertiary/aromatic N) is 3. The van der Waals surface area contributed by atoms with Crippen LogP contribution in [-0.4, -0.2) is 68.6 Å². The molecule has 2 aromatic carbocycles. The molecule has 2 aromatic heterocycles. The first-order valence-corrected chi connectivity index (χ1v) is 13.3. The maximum absolute atomic E-state index is 15.0. The van der Waals surface area contributed by atoms with Gasteiger partial charge in [-0.15, -0.1) is 0 Å². The predicted molar refractivity (Wildman–Crippen MR) is 150 cm³/mol. The fraction of sp³-hybridized carbons (Fsp3) is 0.300. The van der Waals surface area contributed by atoms with Crippen molar-refractivity contribution in [2.24, 2.45) is 5.10 Å². The van der Waals surface area contributed by atoms with Gasteiger partial charge in [0.05, 0.1) is 51.3 Å². The number of hydrogen-bond donors (Lipinski definition) is 1. The van der Waals surface area contributed by atoms with Crippen molar-refractivity contribution in [2.45, 2.75) is 12.8 Å². The van der Waals surface area contributed by atoms with E-state index in [1.165, 1.54) is 24.6 Å². The number of halogens is 1. The van der Waals surface area contributed by atoms with Crippen LogP contribution < -0.4 is 19.6 Å². The molecule has 11 heteroatoms. The largest absolute Gasteiger partial charge is 0.493 e. The van der Waals surface area contributed by atoms with E-state index in [2.05, 4.69) is 20.4 Å². The number of methoxy groups -OCH3 is 1.